The van der Waals surface area contributed by atoms with Crippen molar-refractivity contribution in [1.29, 1.82) is 0 Å². The van der Waals surface area contributed by atoms with Gasteiger partial charge in [0, 0.05) is 12.6 Å². The molecular formula is C11H15N3O6. The maximum Gasteiger partial charge on any atom is 0.328 e. The van der Waals surface area contributed by atoms with Crippen molar-refractivity contribution in [1.82, 2.24) is 9.88 Å². The van der Waals surface area contributed by atoms with Gasteiger partial charge < -0.3 is 20.1 Å². The Morgan fingerprint density at radius 3 is 2.55 bits per heavy atom. The van der Waals surface area contributed by atoms with Gasteiger partial charge in [-0.05, 0) is 13.8 Å². The van der Waals surface area contributed by atoms with Crippen LogP contribution < -0.4 is 5.32 Å². The van der Waals surface area contributed by atoms with Gasteiger partial charge in [-0.25, -0.2) is 4.79 Å². The van der Waals surface area contributed by atoms with Gasteiger partial charge in [0.05, 0.1) is 17.2 Å². The average Bonchev–Trinajstić information content (AvgIpc) is 2.79. The number of carbonyl (C=O) groups is 2. The lowest BCUT2D eigenvalue weighted by atomic mass is 10.2. The maximum absolute atomic E-state index is 12.0. The van der Waals surface area contributed by atoms with Crippen molar-refractivity contribution < 1.29 is 24.7 Å². The number of nitrogens with zero attached hydrogens (tertiary/aromatic N) is 2. The summed E-state index contributed by atoms with van der Waals surface area (Å²) >= 11 is 0. The highest BCUT2D eigenvalue weighted by molar-refractivity contribution is 5.96. The van der Waals surface area contributed by atoms with Crippen molar-refractivity contribution in [2.75, 3.05) is 0 Å². The minimum Gasteiger partial charge on any atom is -0.480 e. The molecule has 9 heteroatoms. The van der Waals surface area contributed by atoms with Crippen molar-refractivity contribution in [3.05, 3.63) is 28.1 Å². The van der Waals surface area contributed by atoms with Crippen molar-refractivity contribution >= 4 is 17.6 Å². The molecule has 2 unspecified atom stereocenters. The predicted molar refractivity (Wildman–Crippen MR) is 67.3 cm³/mol. The van der Waals surface area contributed by atoms with Crippen LogP contribution in [0.3, 0.4) is 0 Å². The van der Waals surface area contributed by atoms with Gasteiger partial charge in [-0.2, -0.15) is 0 Å². The van der Waals surface area contributed by atoms with Gasteiger partial charge in [-0.15, -0.1) is 0 Å². The van der Waals surface area contributed by atoms with E-state index in [9.17, 15) is 24.8 Å². The second-order valence-electron chi connectivity index (χ2n) is 4.16. The number of carboxylic acid groups (broad SMARTS) is 1. The summed E-state index contributed by atoms with van der Waals surface area (Å²) in [5.74, 6) is -2.19. The van der Waals surface area contributed by atoms with E-state index in [1.54, 1.807) is 6.92 Å². The van der Waals surface area contributed by atoms with Crippen LogP contribution in [0.2, 0.25) is 0 Å². The van der Waals surface area contributed by atoms with Crippen LogP contribution in [0.4, 0.5) is 5.69 Å². The number of aromatic nitrogens is 1. The number of hydrogen-bond acceptors (Lipinski definition) is 5. The van der Waals surface area contributed by atoms with E-state index in [-0.39, 0.29) is 11.4 Å². The zero-order valence-corrected chi connectivity index (χ0v) is 10.9. The molecule has 0 fully saturated rings. The monoisotopic (exact) mass is 285 g/mol. The number of nitrogens with one attached hydrogen (secondary N) is 1. The van der Waals surface area contributed by atoms with Gasteiger partial charge in [0.2, 0.25) is 0 Å². The zero-order valence-electron chi connectivity index (χ0n) is 10.9. The summed E-state index contributed by atoms with van der Waals surface area (Å²) in [6, 6.07) is -0.429. The lowest BCUT2D eigenvalue weighted by Gasteiger charge is -2.17. The fourth-order valence-corrected chi connectivity index (χ4v) is 1.65. The minimum atomic E-state index is -1.48. The molecule has 0 aliphatic heterocycles. The van der Waals surface area contributed by atoms with Gasteiger partial charge in [0.15, 0.2) is 6.04 Å². The Kier molecular flexibility index (Phi) is 4.81. The number of amides is 1. The van der Waals surface area contributed by atoms with Gasteiger partial charge in [0.1, 0.15) is 5.69 Å². The first-order valence-electron chi connectivity index (χ1n) is 5.84. The van der Waals surface area contributed by atoms with Gasteiger partial charge in [-0.1, -0.05) is 0 Å². The summed E-state index contributed by atoms with van der Waals surface area (Å²) < 4.78 is 1.33. The summed E-state index contributed by atoms with van der Waals surface area (Å²) in [4.78, 5) is 32.9. The van der Waals surface area contributed by atoms with E-state index in [0.717, 1.165) is 6.07 Å². The third-order valence-corrected chi connectivity index (χ3v) is 2.70. The molecule has 0 aliphatic carbocycles. The van der Waals surface area contributed by atoms with Crippen molar-refractivity contribution in [2.24, 2.45) is 0 Å². The Balaban J connectivity index is 3.02. The Hall–Kier alpha value is -2.42. The first-order valence-corrected chi connectivity index (χ1v) is 5.84. The molecule has 0 aromatic carbocycles. The molecular weight excluding hydrogens is 270 g/mol. The van der Waals surface area contributed by atoms with Crippen LogP contribution in [0, 0.1) is 10.1 Å². The fourth-order valence-electron chi connectivity index (χ4n) is 1.65. The predicted octanol–water partition coefficient (Wildman–Crippen LogP) is -0.0200. The largest absolute Gasteiger partial charge is 0.480 e. The Morgan fingerprint density at radius 2 is 2.15 bits per heavy atom. The number of aliphatic hydroxyl groups is 1. The average molecular weight is 285 g/mol. The third kappa shape index (κ3) is 3.32. The van der Waals surface area contributed by atoms with E-state index in [4.69, 9.17) is 5.11 Å². The van der Waals surface area contributed by atoms with Crippen LogP contribution in [-0.4, -0.2) is 43.7 Å². The van der Waals surface area contributed by atoms with E-state index in [1.807, 2.05) is 0 Å². The first kappa shape index (κ1) is 15.6. The number of hydrogen-bond donors (Lipinski definition) is 3. The molecule has 0 saturated heterocycles. The number of aryl methyl sites for hydroxylation is 1. The van der Waals surface area contributed by atoms with E-state index < -0.39 is 28.9 Å². The molecule has 0 radical (unpaired) electrons. The highest BCUT2D eigenvalue weighted by Crippen LogP contribution is 2.16. The quantitative estimate of drug-likeness (QED) is 0.496. The second-order valence-corrected chi connectivity index (χ2v) is 4.16. The molecule has 9 nitrogen and oxygen atoms in total. The van der Waals surface area contributed by atoms with E-state index in [2.05, 4.69) is 5.32 Å². The number of rotatable bonds is 6. The molecule has 2 atom stereocenters. The van der Waals surface area contributed by atoms with Gasteiger partial charge in [-0.3, -0.25) is 14.9 Å². The maximum atomic E-state index is 12.0. The van der Waals surface area contributed by atoms with Crippen molar-refractivity contribution in [2.45, 2.75) is 32.5 Å². The van der Waals surface area contributed by atoms with E-state index in [1.165, 1.54) is 17.7 Å². The van der Waals surface area contributed by atoms with Crippen molar-refractivity contribution in [3.8, 4) is 0 Å². The van der Waals surface area contributed by atoms with Crippen LogP contribution in [-0.2, 0) is 11.3 Å². The molecule has 1 aromatic heterocycles. The summed E-state index contributed by atoms with van der Waals surface area (Å²) in [6.07, 6.45) is -0.107. The Labute approximate surface area is 114 Å². The van der Waals surface area contributed by atoms with Gasteiger partial charge >= 0.3 is 5.97 Å². The topological polar surface area (TPSA) is 135 Å². The van der Waals surface area contributed by atoms with E-state index >= 15 is 0 Å². The summed E-state index contributed by atoms with van der Waals surface area (Å²) in [5, 5.41) is 31.0. The highest BCUT2D eigenvalue weighted by Gasteiger charge is 2.27. The molecule has 3 N–H and O–H groups in total. The Morgan fingerprint density at radius 1 is 1.55 bits per heavy atom. The van der Waals surface area contributed by atoms with Crippen LogP contribution >= 0.6 is 0 Å². The number of aliphatic hydroxyl groups excluding tert-OH is 1. The molecule has 1 heterocycles. The highest BCUT2D eigenvalue weighted by atomic mass is 16.6. The molecule has 0 bridgehead atoms. The normalized spacial score (nSPS) is 13.6. The first-order chi connectivity index (χ1) is 9.27. The molecule has 0 aliphatic rings. The smallest absolute Gasteiger partial charge is 0.328 e. The third-order valence-electron chi connectivity index (χ3n) is 2.70. The van der Waals surface area contributed by atoms with Crippen LogP contribution in [0.25, 0.3) is 0 Å². The lowest BCUT2D eigenvalue weighted by Crippen LogP contribution is -2.48. The zero-order chi connectivity index (χ0) is 15.4. The molecule has 110 valence electrons. The lowest BCUT2D eigenvalue weighted by molar-refractivity contribution is -0.384. The molecule has 1 aromatic rings. The molecule has 0 saturated carbocycles. The Bertz CT molecular complexity index is 536. The molecule has 20 heavy (non-hydrogen) atoms. The number of carbonyl (C=O) groups excluding carboxylic acids is 1. The van der Waals surface area contributed by atoms with Crippen LogP contribution in [0.5, 0.6) is 0 Å². The van der Waals surface area contributed by atoms with E-state index in [0.29, 0.717) is 6.54 Å². The van der Waals surface area contributed by atoms with Crippen LogP contribution in [0.1, 0.15) is 24.3 Å². The summed E-state index contributed by atoms with van der Waals surface area (Å²) in [7, 11) is 0. The van der Waals surface area contributed by atoms with Crippen LogP contribution in [0.15, 0.2) is 12.3 Å². The standard InChI is InChI=1S/C11H15N3O6/c1-3-13-5-7(14(19)20)4-8(13)10(16)12-9(6(2)15)11(17)18/h4-6,9,15H,3H2,1-2H3,(H,12,16)(H,17,18). The fraction of sp³-hybridized carbons (Fsp3) is 0.455. The second kappa shape index (κ2) is 6.15. The minimum absolute atomic E-state index is 0.0360. The van der Waals surface area contributed by atoms with Crippen molar-refractivity contribution in [3.63, 3.8) is 0 Å². The molecule has 1 rings (SSSR count). The summed E-state index contributed by atoms with van der Waals surface area (Å²) in [5.41, 5.74) is -0.299. The molecule has 1 amide bonds. The molecule has 0 spiro atoms. The summed E-state index contributed by atoms with van der Waals surface area (Å²) in [6.45, 7) is 3.22. The number of aliphatic carboxylic acids is 1. The van der Waals surface area contributed by atoms with Gasteiger partial charge in [0.25, 0.3) is 11.6 Å². The number of carboxylic acids is 1. The SMILES string of the molecule is CCn1cc([N+](=O)[O-])cc1C(=O)NC(C(=O)O)C(C)O. The number of nitro groups is 1.